The van der Waals surface area contributed by atoms with Crippen LogP contribution in [0.3, 0.4) is 0 Å². The number of benzene rings is 2. The third-order valence-corrected chi connectivity index (χ3v) is 4.72. The maximum atomic E-state index is 14.6. The number of ether oxygens (including phenoxy) is 1. The standard InChI is InChI=1S/C18H16BrF5N2O.2ClH/c19-12-9-14(20)16(15(21)10-12)17(26-7-5-25-6-8-26)11-1-3-13(4-2-11)27-18(22,23)24;;/h1-4,9-10,17,25H,5-8H2;2*1H/t17-;;/m1../s1. The Morgan fingerprint density at radius 2 is 1.48 bits per heavy atom. The first-order valence-corrected chi connectivity index (χ1v) is 8.99. The average Bonchev–Trinajstić information content (AvgIpc) is 2.58. The molecule has 1 atom stereocenters. The summed E-state index contributed by atoms with van der Waals surface area (Å²) in [5.41, 5.74) is 0.344. The van der Waals surface area contributed by atoms with Crippen molar-refractivity contribution >= 4 is 40.7 Å². The van der Waals surface area contributed by atoms with Crippen molar-refractivity contribution in [3.05, 3.63) is 63.6 Å². The molecule has 1 N–H and O–H groups in total. The molecule has 0 aliphatic carbocycles. The number of nitrogens with one attached hydrogen (secondary N) is 1. The minimum atomic E-state index is -4.80. The molecule has 1 fully saturated rings. The SMILES string of the molecule is Cl.Cl.Fc1cc(Br)cc(F)c1[C@@H](c1ccc(OC(F)(F)F)cc1)N1CCNCC1. The van der Waals surface area contributed by atoms with E-state index in [1.165, 1.54) is 24.3 Å². The number of hydrogen-bond donors (Lipinski definition) is 1. The summed E-state index contributed by atoms with van der Waals surface area (Å²) in [5.74, 6) is -1.83. The predicted molar refractivity (Wildman–Crippen MR) is 108 cm³/mol. The summed E-state index contributed by atoms with van der Waals surface area (Å²) >= 11 is 3.06. The van der Waals surface area contributed by atoms with Crippen molar-refractivity contribution in [1.82, 2.24) is 10.2 Å². The van der Waals surface area contributed by atoms with Gasteiger partial charge in [-0.2, -0.15) is 0 Å². The normalized spacial score (nSPS) is 15.8. The van der Waals surface area contributed by atoms with Crippen molar-refractivity contribution in [1.29, 1.82) is 0 Å². The molecule has 1 aliphatic heterocycles. The molecule has 0 spiro atoms. The molecular formula is C18H18BrCl2F5N2O. The second-order valence-electron chi connectivity index (χ2n) is 6.09. The molecular weight excluding hydrogens is 506 g/mol. The number of hydrogen-bond acceptors (Lipinski definition) is 3. The minimum Gasteiger partial charge on any atom is -0.406 e. The summed E-state index contributed by atoms with van der Waals surface area (Å²) in [4.78, 5) is 1.89. The number of halogens is 8. The van der Waals surface area contributed by atoms with Crippen molar-refractivity contribution in [3.8, 4) is 5.75 Å². The first kappa shape index (κ1) is 25.9. The average molecular weight is 524 g/mol. The van der Waals surface area contributed by atoms with Crippen LogP contribution in [0.25, 0.3) is 0 Å². The van der Waals surface area contributed by atoms with E-state index in [4.69, 9.17) is 0 Å². The van der Waals surface area contributed by atoms with E-state index in [0.717, 1.165) is 12.1 Å². The van der Waals surface area contributed by atoms with Gasteiger partial charge in [-0.1, -0.05) is 28.1 Å². The molecule has 1 saturated heterocycles. The topological polar surface area (TPSA) is 24.5 Å². The lowest BCUT2D eigenvalue weighted by Crippen LogP contribution is -2.45. The second kappa shape index (κ2) is 10.8. The molecule has 0 bridgehead atoms. The van der Waals surface area contributed by atoms with E-state index in [1.54, 1.807) is 0 Å². The fourth-order valence-electron chi connectivity index (χ4n) is 3.17. The van der Waals surface area contributed by atoms with Gasteiger partial charge in [0.2, 0.25) is 0 Å². The van der Waals surface area contributed by atoms with Crippen LogP contribution in [0.1, 0.15) is 17.2 Å². The lowest BCUT2D eigenvalue weighted by atomic mass is 9.95. The Kier molecular flexibility index (Phi) is 9.62. The van der Waals surface area contributed by atoms with Gasteiger partial charge in [0, 0.05) is 36.2 Å². The molecule has 0 amide bonds. The Bertz CT molecular complexity index is 779. The fraction of sp³-hybridized carbons (Fsp3) is 0.333. The maximum Gasteiger partial charge on any atom is 0.573 e. The molecule has 2 aromatic rings. The summed E-state index contributed by atoms with van der Waals surface area (Å²) in [6, 6.07) is 6.67. The molecule has 11 heteroatoms. The van der Waals surface area contributed by atoms with E-state index >= 15 is 0 Å². The molecule has 1 heterocycles. The second-order valence-corrected chi connectivity index (χ2v) is 7.00. The predicted octanol–water partition coefficient (Wildman–Crippen LogP) is 5.46. The van der Waals surface area contributed by atoms with Gasteiger partial charge in [-0.25, -0.2) is 8.78 Å². The first-order chi connectivity index (χ1) is 12.7. The van der Waals surface area contributed by atoms with Crippen LogP contribution >= 0.6 is 40.7 Å². The van der Waals surface area contributed by atoms with E-state index < -0.39 is 24.0 Å². The number of alkyl halides is 3. The largest absolute Gasteiger partial charge is 0.573 e. The van der Waals surface area contributed by atoms with E-state index in [9.17, 15) is 22.0 Å². The summed E-state index contributed by atoms with van der Waals surface area (Å²) in [7, 11) is 0. The molecule has 162 valence electrons. The lowest BCUT2D eigenvalue weighted by molar-refractivity contribution is -0.274. The van der Waals surface area contributed by atoms with Crippen LogP contribution in [0.15, 0.2) is 40.9 Å². The van der Waals surface area contributed by atoms with E-state index in [1.807, 2.05) is 4.90 Å². The van der Waals surface area contributed by atoms with E-state index in [2.05, 4.69) is 26.0 Å². The van der Waals surface area contributed by atoms with Crippen molar-refractivity contribution < 1.29 is 26.7 Å². The van der Waals surface area contributed by atoms with Gasteiger partial charge in [-0.15, -0.1) is 38.0 Å². The molecule has 29 heavy (non-hydrogen) atoms. The summed E-state index contributed by atoms with van der Waals surface area (Å²) in [5, 5.41) is 3.16. The Morgan fingerprint density at radius 1 is 0.966 bits per heavy atom. The highest BCUT2D eigenvalue weighted by molar-refractivity contribution is 9.10. The summed E-state index contributed by atoms with van der Waals surface area (Å²) < 4.78 is 70.5. The summed E-state index contributed by atoms with van der Waals surface area (Å²) in [6.07, 6.45) is -4.80. The Labute approximate surface area is 185 Å². The van der Waals surface area contributed by atoms with E-state index in [-0.39, 0.29) is 40.6 Å². The van der Waals surface area contributed by atoms with Gasteiger partial charge in [0.25, 0.3) is 0 Å². The zero-order chi connectivity index (χ0) is 19.6. The highest BCUT2D eigenvalue weighted by Gasteiger charge is 2.32. The van der Waals surface area contributed by atoms with Gasteiger partial charge in [-0.3, -0.25) is 4.90 Å². The first-order valence-electron chi connectivity index (χ1n) is 8.19. The number of piperazine rings is 1. The van der Waals surface area contributed by atoms with Gasteiger partial charge in [0.1, 0.15) is 17.4 Å². The minimum absolute atomic E-state index is 0. The highest BCUT2D eigenvalue weighted by atomic mass is 79.9. The molecule has 3 nitrogen and oxygen atoms in total. The summed E-state index contributed by atoms with van der Waals surface area (Å²) in [6.45, 7) is 2.37. The van der Waals surface area contributed by atoms with E-state index in [0.29, 0.717) is 31.7 Å². The Morgan fingerprint density at radius 3 is 1.97 bits per heavy atom. The molecule has 0 saturated carbocycles. The molecule has 0 unspecified atom stereocenters. The third kappa shape index (κ3) is 6.68. The molecule has 0 aromatic heterocycles. The number of rotatable bonds is 4. The fourth-order valence-corrected chi connectivity index (χ4v) is 3.57. The van der Waals surface area contributed by atoms with Crippen LogP contribution in [0.4, 0.5) is 22.0 Å². The van der Waals surface area contributed by atoms with Gasteiger partial charge >= 0.3 is 6.36 Å². The van der Waals surface area contributed by atoms with Gasteiger partial charge in [-0.05, 0) is 29.8 Å². The van der Waals surface area contributed by atoms with Crippen LogP contribution in [-0.4, -0.2) is 37.4 Å². The van der Waals surface area contributed by atoms with Gasteiger partial charge < -0.3 is 10.1 Å². The van der Waals surface area contributed by atoms with Crippen molar-refractivity contribution in [3.63, 3.8) is 0 Å². The van der Waals surface area contributed by atoms with Crippen LogP contribution in [0, 0.1) is 11.6 Å². The third-order valence-electron chi connectivity index (χ3n) is 4.26. The van der Waals surface area contributed by atoms with Crippen LogP contribution in [-0.2, 0) is 0 Å². The monoisotopic (exact) mass is 522 g/mol. The Hall–Kier alpha value is -1.13. The lowest BCUT2D eigenvalue weighted by Gasteiger charge is -2.36. The molecule has 0 radical (unpaired) electrons. The Balaban J connectivity index is 0.00000210. The van der Waals surface area contributed by atoms with Crippen LogP contribution < -0.4 is 10.1 Å². The zero-order valence-electron chi connectivity index (χ0n) is 14.8. The maximum absolute atomic E-state index is 14.6. The zero-order valence-corrected chi connectivity index (χ0v) is 18.0. The quantitative estimate of drug-likeness (QED) is 0.538. The van der Waals surface area contributed by atoms with Crippen LogP contribution in [0.2, 0.25) is 0 Å². The van der Waals surface area contributed by atoms with Crippen LogP contribution in [0.5, 0.6) is 5.75 Å². The molecule has 2 aromatic carbocycles. The van der Waals surface area contributed by atoms with Gasteiger partial charge in [0.05, 0.1) is 6.04 Å². The molecule has 1 aliphatic rings. The van der Waals surface area contributed by atoms with Crippen molar-refractivity contribution in [2.24, 2.45) is 0 Å². The molecule has 3 rings (SSSR count). The number of nitrogens with zero attached hydrogens (tertiary/aromatic N) is 1. The van der Waals surface area contributed by atoms with Crippen molar-refractivity contribution in [2.45, 2.75) is 12.4 Å². The van der Waals surface area contributed by atoms with Crippen molar-refractivity contribution in [2.75, 3.05) is 26.2 Å². The highest BCUT2D eigenvalue weighted by Crippen LogP contribution is 2.35. The van der Waals surface area contributed by atoms with Gasteiger partial charge in [0.15, 0.2) is 0 Å². The smallest absolute Gasteiger partial charge is 0.406 e.